The van der Waals surface area contributed by atoms with Crippen molar-refractivity contribution >= 4 is 152 Å². The normalized spacial score (nSPS) is 1.03. The second kappa shape index (κ2) is 856. The zero-order chi connectivity index (χ0) is 11.4. The van der Waals surface area contributed by atoms with Crippen LogP contribution in [0.4, 0.5) is 0 Å². The van der Waals surface area contributed by atoms with Gasteiger partial charge in [-0.3, -0.25) is 4.79 Å². The molecule has 0 bridgehead atoms. The molecule has 0 spiro atoms. The van der Waals surface area contributed by atoms with E-state index in [1.54, 1.807) is 0 Å². The fourth-order valence-corrected chi connectivity index (χ4v) is 0. The van der Waals surface area contributed by atoms with Crippen LogP contribution >= 0.6 is 0 Å². The number of rotatable bonds is 1. The minimum absolute atomic E-state index is 0. The average molecular weight is 933 g/mol. The molecule has 0 aromatic rings. The molecule has 0 aromatic heterocycles. The Morgan fingerprint density at radius 3 is 0.667 bits per heavy atom. The molecule has 0 rings (SSSR count). The third-order valence-corrected chi connectivity index (χ3v) is 0.0393. The summed E-state index contributed by atoms with van der Waals surface area (Å²) in [7, 11) is 0. The third-order valence-electron chi connectivity index (χ3n) is 0.0393. The standard InChI is InChI=1S/CH2O3.10CH4.6Al.N2.4Na.2Ni.5H2O.2O.W.6H/c2-1-4-3;;;;;;;;;;;;;;;;;1-2;;;;;;;;;;;;;;;;;;;;/h1,3H;10*1H4;;;;;;;;;;;;;;5*1H2;;;;;;;;;/q;;;;;;;;;;;;;;;;;;;;2*+1;;;;;;;;;;;;;;;;-1/p-1. The van der Waals surface area contributed by atoms with Crippen LogP contribution in [-0.4, -0.2) is 179 Å². The zero-order valence-electron chi connectivity index (χ0n) is 15.4. The van der Waals surface area contributed by atoms with Crippen molar-refractivity contribution in [1.82, 2.24) is 0 Å². The monoisotopic (exact) mass is 931 g/mol. The van der Waals surface area contributed by atoms with Crippen molar-refractivity contribution in [2.75, 3.05) is 0 Å². The zero-order valence-corrected chi connectivity index (χ0v) is 33.9. The first kappa shape index (κ1) is 384. The van der Waals surface area contributed by atoms with Gasteiger partial charge in [0.2, 0.25) is 0 Å². The molecule has 0 aliphatic rings. The molecular weight excluding hydrogens is 875 g/mol. The van der Waals surface area contributed by atoms with Crippen LogP contribution in [0.1, 0.15) is 75.7 Å². The van der Waals surface area contributed by atoms with Crippen molar-refractivity contribution in [3.05, 3.63) is 0 Å². The molecular formula is C11H57Al6N2Na4Ni2O10W. The van der Waals surface area contributed by atoms with Gasteiger partial charge in [-0.2, -0.15) is 0 Å². The SMILES string of the molecule is C.C.C.C.C.C.C.C.C.C.N#N.O.O.O.O.O.O=CO[O-].[AlH2].[AlH3].[Al].[Al].[H-].[Na+].[Na+].[Na][Na].[Ni].[Ni].[O]=[Al].[O]=[Al].[W]. The van der Waals surface area contributed by atoms with Crippen LogP contribution in [-0.2, 0) is 71.3 Å². The largest absolute Gasteiger partial charge is 0 e. The van der Waals surface area contributed by atoms with Crippen molar-refractivity contribution in [2.24, 2.45) is 0 Å². The van der Waals surface area contributed by atoms with Gasteiger partial charge in [-0.05, 0) is 0 Å². The van der Waals surface area contributed by atoms with E-state index in [1.807, 2.05) is 0 Å². The van der Waals surface area contributed by atoms with Gasteiger partial charge in [0.05, 0.1) is 0 Å². The Hall–Kier alpha value is 7.12. The molecule has 0 amide bonds. The van der Waals surface area contributed by atoms with E-state index < -0.39 is 0 Å². The van der Waals surface area contributed by atoms with Gasteiger partial charge in [-0.25, -0.2) is 0 Å². The van der Waals surface area contributed by atoms with Crippen molar-refractivity contribution in [3.8, 4) is 0 Å². The Morgan fingerprint density at radius 2 is 0.667 bits per heavy atom. The number of nitrogens with zero attached hydrogens (tertiary/aromatic N) is 2. The van der Waals surface area contributed by atoms with Gasteiger partial charge in [-0.1, -0.05) is 74.3 Å². The summed E-state index contributed by atoms with van der Waals surface area (Å²) in [6.07, 6.45) is 0. The minimum Gasteiger partial charge on any atom is 0 e. The van der Waals surface area contributed by atoms with Crippen molar-refractivity contribution in [1.29, 1.82) is 10.8 Å². The summed E-state index contributed by atoms with van der Waals surface area (Å²) >= 11 is 5.22. The molecule has 0 fully saturated rings. The molecule has 0 heterocycles. The van der Waals surface area contributed by atoms with Crippen LogP contribution in [0.3, 0.4) is 0 Å². The van der Waals surface area contributed by atoms with Crippen LogP contribution in [0, 0.1) is 10.8 Å². The predicted octanol–water partition coefficient (Wildman–Crippen LogP) is -9.81. The molecule has 25 heteroatoms. The van der Waals surface area contributed by atoms with Gasteiger partial charge in [-0.15, -0.1) is 0 Å². The smallest absolute Gasteiger partial charge is 0 e. The van der Waals surface area contributed by atoms with E-state index in [2.05, 4.69) is 4.89 Å². The first-order chi connectivity index (χ1) is 5.91. The molecule has 12 nitrogen and oxygen atoms in total. The predicted molar refractivity (Wildman–Crippen MR) is 151 cm³/mol. The van der Waals surface area contributed by atoms with Gasteiger partial charge in [0.15, 0.2) is 17.4 Å². The van der Waals surface area contributed by atoms with E-state index in [9.17, 15) is 0 Å². The van der Waals surface area contributed by atoms with Crippen LogP contribution in [0.2, 0.25) is 0 Å². The number of hydrogen-bond acceptors (Lipinski definition) is 7. The van der Waals surface area contributed by atoms with Crippen molar-refractivity contribution < 1.29 is 165 Å². The maximum Gasteiger partial charge on any atom is 0 e. The minimum atomic E-state index is -0.181. The third kappa shape index (κ3) is 1000. The fraction of sp³-hybridized carbons (Fsp3) is 0.909. The van der Waals surface area contributed by atoms with Crippen molar-refractivity contribution in [2.45, 2.75) is 74.3 Å². The maximum atomic E-state index is 8.64. The van der Waals surface area contributed by atoms with E-state index in [1.165, 1.54) is 76.1 Å². The molecule has 0 unspecified atom stereocenters. The Kier molecular flexibility index (Phi) is 9130. The summed E-state index contributed by atoms with van der Waals surface area (Å²) < 4.78 is 16.3. The van der Waals surface area contributed by atoms with Crippen LogP contribution in [0.25, 0.3) is 0 Å². The molecule has 10 N–H and O–H groups in total. The average Bonchev–Trinajstić information content (AvgIpc) is 2.29. The summed E-state index contributed by atoms with van der Waals surface area (Å²) in [5.74, 6) is 0. The first-order valence-corrected chi connectivity index (χ1v) is 11.3. The Bertz CT molecular complexity index is 142. The Morgan fingerprint density at radius 1 is 0.639 bits per heavy atom. The van der Waals surface area contributed by atoms with E-state index in [4.69, 9.17) is 28.4 Å². The molecule has 0 aromatic carbocycles. The second-order valence-electron chi connectivity index (χ2n) is 0.192. The topological polar surface area (TPSA) is 289 Å². The number of hydrogen-bond donors (Lipinski definition) is 0. The number of carbonyl (C=O) groups is 1. The Labute approximate surface area is 393 Å². The van der Waals surface area contributed by atoms with Gasteiger partial charge >= 0.3 is 143 Å². The van der Waals surface area contributed by atoms with E-state index in [0.717, 1.165) is 0 Å². The molecule has 36 heavy (non-hydrogen) atoms. The maximum absolute atomic E-state index is 8.64. The summed E-state index contributed by atoms with van der Waals surface area (Å²) in [5.41, 5.74) is 0. The summed E-state index contributed by atoms with van der Waals surface area (Å²) in [6.45, 7) is -0.181. The van der Waals surface area contributed by atoms with Gasteiger partial charge < -0.3 is 39.0 Å². The van der Waals surface area contributed by atoms with Crippen LogP contribution in [0.5, 0.6) is 0 Å². The van der Waals surface area contributed by atoms with Crippen LogP contribution in [0.15, 0.2) is 0 Å². The van der Waals surface area contributed by atoms with Gasteiger partial charge in [0.1, 0.15) is 17.4 Å². The Balaban J connectivity index is -0.000000000513. The van der Waals surface area contributed by atoms with Gasteiger partial charge in [0.25, 0.3) is 6.47 Å². The second-order valence-corrected chi connectivity index (χ2v) is 0.192. The quantitative estimate of drug-likeness (QED) is 0.0804. The fourth-order valence-electron chi connectivity index (χ4n) is 0. The first-order valence-electron chi connectivity index (χ1n) is 2.31. The molecule has 0 atom stereocenters. The van der Waals surface area contributed by atoms with Gasteiger partial charge in [0, 0.05) is 99.6 Å². The molecule has 9 radical (unpaired) electrons. The van der Waals surface area contributed by atoms with Crippen molar-refractivity contribution in [3.63, 3.8) is 0 Å². The molecule has 0 saturated carbocycles. The molecule has 0 aliphatic carbocycles. The summed E-state index contributed by atoms with van der Waals surface area (Å²) in [5, 5.41) is 20.4. The number of carbonyl (C=O) groups excluding carboxylic acids is 1. The summed E-state index contributed by atoms with van der Waals surface area (Å²) in [6, 6.07) is 0. The van der Waals surface area contributed by atoms with E-state index in [-0.39, 0.29) is 292 Å². The molecule has 0 saturated heterocycles. The van der Waals surface area contributed by atoms with E-state index >= 15 is 0 Å². The molecule has 219 valence electrons. The van der Waals surface area contributed by atoms with Crippen LogP contribution < -0.4 is 64.4 Å². The summed E-state index contributed by atoms with van der Waals surface area (Å²) in [4.78, 5) is 11.2. The van der Waals surface area contributed by atoms with E-state index in [0.29, 0.717) is 0 Å². The molecule has 0 aliphatic heterocycles.